The van der Waals surface area contributed by atoms with Crippen molar-refractivity contribution in [3.05, 3.63) is 59.2 Å². The van der Waals surface area contributed by atoms with Crippen molar-refractivity contribution in [1.29, 1.82) is 0 Å². The number of carbonyl (C=O) groups is 1. The van der Waals surface area contributed by atoms with Crippen molar-refractivity contribution >= 4 is 32.6 Å². The van der Waals surface area contributed by atoms with E-state index >= 15 is 0 Å². The molecule has 0 saturated heterocycles. The Hall–Kier alpha value is -2.24. The third-order valence-electron chi connectivity index (χ3n) is 4.57. The Kier molecular flexibility index (Phi) is 5.69. The largest absolute Gasteiger partial charge is 0.340 e. The summed E-state index contributed by atoms with van der Waals surface area (Å²) in [5.74, 6) is 0.0286. The highest BCUT2D eigenvalue weighted by molar-refractivity contribution is 7.22. The predicted octanol–water partition coefficient (Wildman–Crippen LogP) is 3.09. The van der Waals surface area contributed by atoms with Crippen LogP contribution in [0.5, 0.6) is 0 Å². The molecule has 0 aliphatic rings. The zero-order valence-corrected chi connectivity index (χ0v) is 16.7. The molecule has 0 spiro atoms. The van der Waals surface area contributed by atoms with Crippen molar-refractivity contribution in [2.75, 3.05) is 32.1 Å². The van der Waals surface area contributed by atoms with Gasteiger partial charge in [0.1, 0.15) is 0 Å². The van der Waals surface area contributed by atoms with Gasteiger partial charge in [-0.3, -0.25) is 9.69 Å². The van der Waals surface area contributed by atoms with Gasteiger partial charge in [-0.25, -0.2) is 4.98 Å². The first-order valence-corrected chi connectivity index (χ1v) is 9.81. The minimum absolute atomic E-state index is 0.0286. The molecule has 0 atom stereocenters. The number of para-hydroxylation sites is 1. The van der Waals surface area contributed by atoms with E-state index in [0.29, 0.717) is 6.54 Å². The van der Waals surface area contributed by atoms with Crippen LogP contribution in [0.15, 0.2) is 42.5 Å². The minimum Gasteiger partial charge on any atom is -0.340 e. The summed E-state index contributed by atoms with van der Waals surface area (Å²) in [5.41, 5.74) is 4.01. The van der Waals surface area contributed by atoms with Gasteiger partial charge in [0.25, 0.3) is 5.91 Å². The number of quaternary nitrogens is 1. The summed E-state index contributed by atoms with van der Waals surface area (Å²) >= 11 is 1.58. The number of amides is 1. The lowest BCUT2D eigenvalue weighted by molar-refractivity contribution is -0.858. The smallest absolute Gasteiger partial charge is 0.260 e. The molecule has 3 aromatic rings. The number of hydrogen-bond donors (Lipinski definition) is 1. The Morgan fingerprint density at radius 3 is 2.58 bits per heavy atom. The maximum atomic E-state index is 13.2. The van der Waals surface area contributed by atoms with E-state index in [2.05, 4.69) is 27.1 Å². The summed E-state index contributed by atoms with van der Waals surface area (Å²) in [4.78, 5) is 21.2. The number of thiazole rings is 1. The number of carbonyl (C=O) groups excluding carboxylic acids is 1. The van der Waals surface area contributed by atoms with Crippen LogP contribution in [-0.2, 0) is 0 Å². The van der Waals surface area contributed by atoms with Crippen LogP contribution in [0.1, 0.15) is 27.9 Å². The predicted molar refractivity (Wildman–Crippen MR) is 110 cm³/mol. The topological polar surface area (TPSA) is 37.6 Å². The Morgan fingerprint density at radius 2 is 1.88 bits per heavy atom. The molecule has 0 radical (unpaired) electrons. The molecular formula is C21H26N3OS+. The van der Waals surface area contributed by atoms with Gasteiger partial charge in [-0.05, 0) is 49.2 Å². The second kappa shape index (κ2) is 7.98. The second-order valence-corrected chi connectivity index (χ2v) is 8.04. The molecule has 0 bridgehead atoms. The Balaban J connectivity index is 1.93. The second-order valence-electron chi connectivity index (χ2n) is 7.03. The fourth-order valence-corrected chi connectivity index (χ4v) is 3.87. The molecule has 1 heterocycles. The van der Waals surface area contributed by atoms with Gasteiger partial charge in [0.05, 0.1) is 30.9 Å². The Labute approximate surface area is 159 Å². The van der Waals surface area contributed by atoms with Crippen molar-refractivity contribution in [2.45, 2.75) is 20.3 Å². The van der Waals surface area contributed by atoms with E-state index in [1.165, 1.54) is 10.5 Å². The van der Waals surface area contributed by atoms with Crippen LogP contribution in [-0.4, -0.2) is 38.1 Å². The van der Waals surface area contributed by atoms with Crippen LogP contribution in [0.4, 0.5) is 5.13 Å². The van der Waals surface area contributed by atoms with Gasteiger partial charge < -0.3 is 4.90 Å². The number of nitrogens with zero attached hydrogens (tertiary/aromatic N) is 2. The molecule has 136 valence electrons. The fourth-order valence-electron chi connectivity index (χ4n) is 2.88. The third kappa shape index (κ3) is 4.11. The average Bonchev–Trinajstić information content (AvgIpc) is 3.04. The Bertz CT molecular complexity index is 884. The number of rotatable bonds is 6. The standard InChI is InChI=1S/C21H25N3OS/c1-15-10-11-17(14-16(15)2)20(25)24(13-7-12-23(3)4)21-22-18-8-5-6-9-19(18)26-21/h5-6,8-11,14H,7,12-13H2,1-4H3/p+1. The molecule has 0 aliphatic carbocycles. The highest BCUT2D eigenvalue weighted by atomic mass is 32.1. The lowest BCUT2D eigenvalue weighted by Crippen LogP contribution is -3.05. The number of anilines is 1. The lowest BCUT2D eigenvalue weighted by atomic mass is 10.1. The first-order valence-electron chi connectivity index (χ1n) is 8.99. The molecule has 1 N–H and O–H groups in total. The molecule has 0 unspecified atom stereocenters. The third-order valence-corrected chi connectivity index (χ3v) is 5.63. The molecule has 2 aromatic carbocycles. The summed E-state index contributed by atoms with van der Waals surface area (Å²) in [6, 6.07) is 14.0. The highest BCUT2D eigenvalue weighted by Crippen LogP contribution is 2.29. The number of benzene rings is 2. The molecule has 4 nitrogen and oxygen atoms in total. The first-order chi connectivity index (χ1) is 12.5. The van der Waals surface area contributed by atoms with Crippen molar-refractivity contribution in [2.24, 2.45) is 0 Å². The summed E-state index contributed by atoms with van der Waals surface area (Å²) in [7, 11) is 4.26. The number of aromatic nitrogens is 1. The summed E-state index contributed by atoms with van der Waals surface area (Å²) in [6.45, 7) is 5.80. The highest BCUT2D eigenvalue weighted by Gasteiger charge is 2.21. The van der Waals surface area contributed by atoms with Crippen LogP contribution < -0.4 is 9.80 Å². The van der Waals surface area contributed by atoms with Crippen molar-refractivity contribution in [3.63, 3.8) is 0 Å². The fraction of sp³-hybridized carbons (Fsp3) is 0.333. The van der Waals surface area contributed by atoms with Crippen LogP contribution >= 0.6 is 11.3 Å². The molecule has 0 fully saturated rings. The maximum Gasteiger partial charge on any atom is 0.260 e. The van der Waals surface area contributed by atoms with Crippen LogP contribution in [0.2, 0.25) is 0 Å². The van der Waals surface area contributed by atoms with E-state index in [1.54, 1.807) is 11.3 Å². The van der Waals surface area contributed by atoms with Gasteiger partial charge in [-0.15, -0.1) is 0 Å². The lowest BCUT2D eigenvalue weighted by Gasteiger charge is -2.21. The first kappa shape index (κ1) is 18.5. The maximum absolute atomic E-state index is 13.2. The molecule has 1 aromatic heterocycles. The normalized spacial score (nSPS) is 11.3. The summed E-state index contributed by atoms with van der Waals surface area (Å²) in [6.07, 6.45) is 0.939. The summed E-state index contributed by atoms with van der Waals surface area (Å²) < 4.78 is 1.11. The van der Waals surface area contributed by atoms with Crippen molar-refractivity contribution < 1.29 is 9.69 Å². The minimum atomic E-state index is 0.0286. The van der Waals surface area contributed by atoms with Gasteiger partial charge in [-0.2, -0.15) is 0 Å². The van der Waals surface area contributed by atoms with Crippen molar-refractivity contribution in [3.8, 4) is 0 Å². The van der Waals surface area contributed by atoms with Gasteiger partial charge >= 0.3 is 0 Å². The monoisotopic (exact) mass is 368 g/mol. The molecule has 5 heteroatoms. The zero-order valence-electron chi connectivity index (χ0n) is 15.9. The average molecular weight is 369 g/mol. The molecule has 0 saturated carbocycles. The van der Waals surface area contributed by atoms with Gasteiger partial charge in [0.2, 0.25) is 0 Å². The van der Waals surface area contributed by atoms with Crippen LogP contribution in [0, 0.1) is 13.8 Å². The number of aryl methyl sites for hydroxylation is 2. The number of hydrogen-bond acceptors (Lipinski definition) is 3. The molecule has 3 rings (SSSR count). The van der Waals surface area contributed by atoms with Crippen LogP contribution in [0.25, 0.3) is 10.2 Å². The quantitative estimate of drug-likeness (QED) is 0.726. The molecular weight excluding hydrogens is 342 g/mol. The zero-order chi connectivity index (χ0) is 18.7. The van der Waals surface area contributed by atoms with E-state index in [1.807, 2.05) is 48.2 Å². The van der Waals surface area contributed by atoms with Gasteiger partial charge in [0, 0.05) is 18.5 Å². The molecule has 26 heavy (non-hydrogen) atoms. The Morgan fingerprint density at radius 1 is 1.12 bits per heavy atom. The van der Waals surface area contributed by atoms with E-state index in [-0.39, 0.29) is 5.91 Å². The molecule has 1 amide bonds. The van der Waals surface area contributed by atoms with Crippen LogP contribution in [0.3, 0.4) is 0 Å². The van der Waals surface area contributed by atoms with E-state index in [9.17, 15) is 4.79 Å². The number of fused-ring (bicyclic) bond motifs is 1. The van der Waals surface area contributed by atoms with Crippen molar-refractivity contribution in [1.82, 2.24) is 4.98 Å². The van der Waals surface area contributed by atoms with E-state index in [4.69, 9.17) is 4.98 Å². The number of nitrogens with one attached hydrogen (secondary N) is 1. The van der Waals surface area contributed by atoms with E-state index < -0.39 is 0 Å². The van der Waals surface area contributed by atoms with E-state index in [0.717, 1.165) is 39.4 Å². The molecule has 0 aliphatic heterocycles. The van der Waals surface area contributed by atoms with Gasteiger partial charge in [0.15, 0.2) is 5.13 Å². The summed E-state index contributed by atoms with van der Waals surface area (Å²) in [5, 5.41) is 0.781. The van der Waals surface area contributed by atoms with Gasteiger partial charge in [-0.1, -0.05) is 29.5 Å². The SMILES string of the molecule is Cc1ccc(C(=O)N(CCC[NH+](C)C)c2nc3ccccc3s2)cc1C.